The van der Waals surface area contributed by atoms with Crippen molar-refractivity contribution in [2.45, 2.75) is 63.9 Å². The summed E-state index contributed by atoms with van der Waals surface area (Å²) in [7, 11) is 0. The van der Waals surface area contributed by atoms with E-state index in [2.05, 4.69) is 27.9 Å². The van der Waals surface area contributed by atoms with Gasteiger partial charge in [-0.2, -0.15) is 26.3 Å². The van der Waals surface area contributed by atoms with Crippen molar-refractivity contribution >= 4 is 17.4 Å². The minimum absolute atomic E-state index is 0.0466. The van der Waals surface area contributed by atoms with Crippen LogP contribution in [0.2, 0.25) is 0 Å². The van der Waals surface area contributed by atoms with Gasteiger partial charge in [0.1, 0.15) is 5.75 Å². The topological polar surface area (TPSA) is 76.7 Å². The molecule has 0 spiro atoms. The number of allylic oxidation sites excluding steroid dienone is 3. The second kappa shape index (κ2) is 21.0. The van der Waals surface area contributed by atoms with E-state index in [-0.39, 0.29) is 17.2 Å². The number of rotatable bonds is 14. The number of halogens is 8. The minimum atomic E-state index is -4.56. The summed E-state index contributed by atoms with van der Waals surface area (Å²) in [5, 5.41) is 2.22. The third kappa shape index (κ3) is 15.1. The van der Waals surface area contributed by atoms with Crippen LogP contribution in [0.3, 0.4) is 0 Å². The van der Waals surface area contributed by atoms with Crippen LogP contribution in [0.15, 0.2) is 108 Å². The first kappa shape index (κ1) is 41.9. The smallest absolute Gasteiger partial charge is 0.428 e. The Bertz CT molecular complexity index is 1520. The Hall–Kier alpha value is -5.12. The number of terminal acetylenes is 1. The van der Waals surface area contributed by atoms with Crippen LogP contribution in [0.1, 0.15) is 42.9 Å². The summed E-state index contributed by atoms with van der Waals surface area (Å²) in [6.07, 6.45) is 3.47. The van der Waals surface area contributed by atoms with Crippen molar-refractivity contribution in [3.05, 3.63) is 120 Å². The van der Waals surface area contributed by atoms with Crippen molar-refractivity contribution in [3.63, 3.8) is 0 Å². The fourth-order valence-electron chi connectivity index (χ4n) is 4.10. The molecule has 5 nitrogen and oxygen atoms in total. The third-order valence-corrected chi connectivity index (χ3v) is 6.29. The highest BCUT2D eigenvalue weighted by Gasteiger charge is 2.44. The van der Waals surface area contributed by atoms with Gasteiger partial charge in [-0.25, -0.2) is 13.6 Å². The van der Waals surface area contributed by atoms with Gasteiger partial charge in [0, 0.05) is 29.9 Å². The Kier molecular flexibility index (Phi) is 17.9. The van der Waals surface area contributed by atoms with E-state index in [4.69, 9.17) is 5.73 Å². The standard InChI is InChI=1S/C24H25F4NO.C10H10F4N2O.C2H2/c1-3-5-15-29-22(10-4-2)21(16-18-11-7-6-8-12-18)19-13-9-14-20(17-19)30-24(27,28)23(25)26;11-8(12)10(13,14)5-6-1-3-7(4-2-6)16-9(15)17;1-2/h4-15,17,21,23H,3,16H2,1-2H3;1-4,8H,5H2,(H3,15,16,17);1-2H/b10-4-,15-5+,29-22-;;. The molecule has 0 fully saturated rings. The van der Waals surface area contributed by atoms with E-state index in [1.54, 1.807) is 12.3 Å². The number of primary amides is 1. The predicted octanol–water partition coefficient (Wildman–Crippen LogP) is 10.1. The molecule has 0 aromatic heterocycles. The summed E-state index contributed by atoms with van der Waals surface area (Å²) in [4.78, 5) is 15.0. The van der Waals surface area contributed by atoms with Gasteiger partial charge in [0.15, 0.2) is 0 Å². The van der Waals surface area contributed by atoms with Crippen LogP contribution in [0, 0.1) is 12.8 Å². The maximum atomic E-state index is 13.4. The minimum Gasteiger partial charge on any atom is -0.428 e. The fraction of sp³-hybridized carbons (Fsp3) is 0.278. The normalized spacial score (nSPS) is 12.7. The van der Waals surface area contributed by atoms with E-state index in [1.807, 2.05) is 62.4 Å². The van der Waals surface area contributed by atoms with Gasteiger partial charge < -0.3 is 15.8 Å². The zero-order valence-electron chi connectivity index (χ0n) is 26.7. The largest absolute Gasteiger partial charge is 0.461 e. The van der Waals surface area contributed by atoms with Gasteiger partial charge in [0.05, 0.1) is 0 Å². The maximum absolute atomic E-state index is 13.4. The van der Waals surface area contributed by atoms with E-state index in [0.717, 1.165) is 17.7 Å². The van der Waals surface area contributed by atoms with Gasteiger partial charge in [0.25, 0.3) is 0 Å². The highest BCUT2D eigenvalue weighted by atomic mass is 19.3. The van der Waals surface area contributed by atoms with Gasteiger partial charge in [-0.1, -0.05) is 73.7 Å². The Morgan fingerprint density at radius 2 is 1.55 bits per heavy atom. The molecule has 0 heterocycles. The summed E-state index contributed by atoms with van der Waals surface area (Å²) in [6.45, 7) is 3.86. The van der Waals surface area contributed by atoms with Crippen molar-refractivity contribution < 1.29 is 44.7 Å². The van der Waals surface area contributed by atoms with Gasteiger partial charge in [0.2, 0.25) is 0 Å². The number of ether oxygens (including phenoxy) is 1. The van der Waals surface area contributed by atoms with Gasteiger partial charge >= 0.3 is 30.9 Å². The quantitative estimate of drug-likeness (QED) is 0.100. The number of nitrogens with one attached hydrogen (secondary N) is 1. The van der Waals surface area contributed by atoms with Crippen LogP contribution in [0.4, 0.5) is 45.6 Å². The summed E-state index contributed by atoms with van der Waals surface area (Å²) >= 11 is 0. The molecule has 3 aromatic rings. The van der Waals surface area contributed by atoms with Gasteiger partial charge in [-0.05, 0) is 66.8 Å². The second-order valence-electron chi connectivity index (χ2n) is 10.1. The lowest BCUT2D eigenvalue weighted by Gasteiger charge is -2.21. The van der Waals surface area contributed by atoms with E-state index >= 15 is 0 Å². The number of nitrogens with zero attached hydrogens (tertiary/aromatic N) is 1. The number of benzene rings is 3. The molecule has 49 heavy (non-hydrogen) atoms. The highest BCUT2D eigenvalue weighted by Crippen LogP contribution is 2.32. The molecule has 0 aliphatic heterocycles. The van der Waals surface area contributed by atoms with Crippen LogP contribution in [0.25, 0.3) is 0 Å². The van der Waals surface area contributed by atoms with Crippen LogP contribution in [-0.2, 0) is 12.8 Å². The van der Waals surface area contributed by atoms with Crippen LogP contribution in [-0.4, -0.2) is 36.6 Å². The summed E-state index contributed by atoms with van der Waals surface area (Å²) in [5.41, 5.74) is 7.59. The summed E-state index contributed by atoms with van der Waals surface area (Å²) in [6, 6.07) is 19.8. The zero-order valence-corrected chi connectivity index (χ0v) is 26.7. The Balaban J connectivity index is 0.000000535. The number of carbonyl (C=O) groups excluding carboxylic acids is 1. The molecule has 0 saturated heterocycles. The van der Waals surface area contributed by atoms with Crippen molar-refractivity contribution in [3.8, 4) is 18.6 Å². The molecule has 0 radical (unpaired) electrons. The molecule has 0 saturated carbocycles. The van der Waals surface area contributed by atoms with Crippen LogP contribution in [0.5, 0.6) is 5.75 Å². The Morgan fingerprint density at radius 3 is 2.08 bits per heavy atom. The number of amides is 2. The zero-order chi connectivity index (χ0) is 37.0. The molecule has 3 N–H and O–H groups in total. The van der Waals surface area contributed by atoms with Crippen molar-refractivity contribution in [2.75, 3.05) is 5.32 Å². The van der Waals surface area contributed by atoms with Crippen molar-refractivity contribution in [1.29, 1.82) is 0 Å². The maximum Gasteiger partial charge on any atom is 0.461 e. The van der Waals surface area contributed by atoms with Crippen LogP contribution < -0.4 is 15.8 Å². The van der Waals surface area contributed by atoms with E-state index in [1.165, 1.54) is 42.5 Å². The number of aliphatic imine (C=N–C) groups is 1. The van der Waals surface area contributed by atoms with Gasteiger partial charge in [-0.3, -0.25) is 4.99 Å². The highest BCUT2D eigenvalue weighted by molar-refractivity contribution is 6.00. The number of alkyl halides is 8. The molecule has 2 amide bonds. The molecule has 0 aliphatic rings. The molecule has 13 heteroatoms. The van der Waals surface area contributed by atoms with E-state index in [9.17, 15) is 39.9 Å². The van der Waals surface area contributed by atoms with E-state index in [0.29, 0.717) is 17.7 Å². The average molecular weight is 696 g/mol. The molecule has 3 rings (SSSR count). The molecule has 0 aliphatic carbocycles. The molecule has 1 atom stereocenters. The second-order valence-corrected chi connectivity index (χ2v) is 10.1. The number of carbonyl (C=O) groups is 1. The van der Waals surface area contributed by atoms with E-state index < -0.39 is 37.3 Å². The average Bonchev–Trinajstić information content (AvgIpc) is 3.05. The Morgan fingerprint density at radius 1 is 0.918 bits per heavy atom. The third-order valence-electron chi connectivity index (χ3n) is 6.29. The molecule has 0 bridgehead atoms. The first-order chi connectivity index (χ1) is 23.2. The summed E-state index contributed by atoms with van der Waals surface area (Å²) in [5.74, 6) is -4.66. The number of urea groups is 1. The molecular formula is C36H37F8N3O2. The van der Waals surface area contributed by atoms with Crippen molar-refractivity contribution in [1.82, 2.24) is 0 Å². The monoisotopic (exact) mass is 695 g/mol. The molecule has 1 unspecified atom stereocenters. The SMILES string of the molecule is C#C.C\C=C/C(=N/C=C/CC)C(Cc1ccccc1)c1cccc(OC(F)(F)C(F)F)c1.NC(=O)Nc1ccc(CC(F)(F)C(F)F)cc1. The first-order valence-electron chi connectivity index (χ1n) is 14.7. The number of hydrogen-bond acceptors (Lipinski definition) is 3. The van der Waals surface area contributed by atoms with Gasteiger partial charge in [-0.15, -0.1) is 12.8 Å². The molecule has 264 valence electrons. The lowest BCUT2D eigenvalue weighted by molar-refractivity contribution is -0.253. The lowest BCUT2D eigenvalue weighted by atomic mass is 9.87. The van der Waals surface area contributed by atoms with Crippen LogP contribution >= 0.6 is 0 Å². The predicted molar refractivity (Wildman–Crippen MR) is 177 cm³/mol. The number of hydrogen-bond donors (Lipinski definition) is 2. The first-order valence-corrected chi connectivity index (χ1v) is 14.7. The van der Waals surface area contributed by atoms with Crippen molar-refractivity contribution in [2.24, 2.45) is 10.7 Å². The molecular weight excluding hydrogens is 658 g/mol. The number of nitrogens with two attached hydrogens (primary N) is 1. The fourth-order valence-corrected chi connectivity index (χ4v) is 4.10. The summed E-state index contributed by atoms with van der Waals surface area (Å²) < 4.78 is 105. The lowest BCUT2D eigenvalue weighted by Crippen LogP contribution is -2.33. The number of anilines is 1. The molecule has 3 aromatic carbocycles. The Labute approximate surface area is 280 Å².